The van der Waals surface area contributed by atoms with Crippen LogP contribution in [-0.4, -0.2) is 21.8 Å². The van der Waals surface area contributed by atoms with Crippen LogP contribution in [0, 0.1) is 13.8 Å². The minimum absolute atomic E-state index is 0.261. The molecule has 116 valence electrons. The molecule has 0 aliphatic heterocycles. The van der Waals surface area contributed by atoms with Gasteiger partial charge in [-0.2, -0.15) is 0 Å². The molecule has 1 aliphatic rings. The van der Waals surface area contributed by atoms with Crippen molar-refractivity contribution in [3.8, 4) is 0 Å². The molecule has 4 heteroatoms. The first-order valence-corrected chi connectivity index (χ1v) is 8.76. The normalized spacial score (nSPS) is 14.1. The number of hydrogen-bond donors (Lipinski definition) is 0. The summed E-state index contributed by atoms with van der Waals surface area (Å²) >= 11 is 1.65. The second-order valence-electron chi connectivity index (χ2n) is 6.04. The highest BCUT2D eigenvalue weighted by atomic mass is 32.1. The maximum absolute atomic E-state index is 12.6. The maximum Gasteiger partial charge on any atom is 0.223 e. The van der Waals surface area contributed by atoms with E-state index in [2.05, 4.69) is 29.4 Å². The van der Waals surface area contributed by atoms with Crippen molar-refractivity contribution in [2.45, 2.75) is 52.1 Å². The van der Waals surface area contributed by atoms with Crippen LogP contribution in [0.25, 0.3) is 0 Å². The van der Waals surface area contributed by atoms with Crippen molar-refractivity contribution in [3.63, 3.8) is 0 Å². The number of benzene rings is 1. The van der Waals surface area contributed by atoms with Gasteiger partial charge in [0.1, 0.15) is 0 Å². The average molecular weight is 314 g/mol. The molecule has 1 aromatic heterocycles. The quantitative estimate of drug-likeness (QED) is 0.810. The summed E-state index contributed by atoms with van der Waals surface area (Å²) in [6, 6.07) is 8.75. The van der Waals surface area contributed by atoms with Crippen molar-refractivity contribution >= 4 is 17.2 Å². The lowest BCUT2D eigenvalue weighted by Crippen LogP contribution is -2.32. The number of hydrogen-bond acceptors (Lipinski definition) is 3. The van der Waals surface area contributed by atoms with E-state index in [0.29, 0.717) is 19.0 Å². The number of amides is 1. The molecule has 0 bridgehead atoms. The van der Waals surface area contributed by atoms with E-state index in [1.165, 1.54) is 11.1 Å². The molecule has 1 amide bonds. The highest BCUT2D eigenvalue weighted by molar-refractivity contribution is 7.09. The Morgan fingerprint density at radius 2 is 2.09 bits per heavy atom. The van der Waals surface area contributed by atoms with Gasteiger partial charge in [0.2, 0.25) is 5.91 Å². The Bertz CT molecular complexity index is 661. The average Bonchev–Trinajstić information content (AvgIpc) is 3.26. The Balaban J connectivity index is 1.62. The van der Waals surface area contributed by atoms with E-state index in [-0.39, 0.29) is 5.91 Å². The zero-order chi connectivity index (χ0) is 15.5. The predicted octanol–water partition coefficient (Wildman–Crippen LogP) is 3.88. The lowest BCUT2D eigenvalue weighted by molar-refractivity contribution is -0.132. The molecule has 0 N–H and O–H groups in total. The molecule has 0 unspecified atom stereocenters. The van der Waals surface area contributed by atoms with E-state index < -0.39 is 0 Å². The summed E-state index contributed by atoms with van der Waals surface area (Å²) < 4.78 is 0. The van der Waals surface area contributed by atoms with Gasteiger partial charge in [0.25, 0.3) is 0 Å². The Morgan fingerprint density at radius 1 is 1.32 bits per heavy atom. The maximum atomic E-state index is 12.6. The molecule has 0 spiro atoms. The molecule has 1 heterocycles. The lowest BCUT2D eigenvalue weighted by Gasteiger charge is -2.21. The summed E-state index contributed by atoms with van der Waals surface area (Å²) in [5, 5.41) is 3.14. The minimum atomic E-state index is 0.261. The third-order valence-corrected chi connectivity index (χ3v) is 5.00. The Morgan fingerprint density at radius 3 is 2.73 bits per heavy atom. The zero-order valence-corrected chi connectivity index (χ0v) is 14.0. The fourth-order valence-electron chi connectivity index (χ4n) is 2.74. The minimum Gasteiger partial charge on any atom is -0.334 e. The van der Waals surface area contributed by atoms with E-state index in [1.807, 2.05) is 24.0 Å². The van der Waals surface area contributed by atoms with Gasteiger partial charge in [0.05, 0.1) is 17.2 Å². The Labute approximate surface area is 136 Å². The van der Waals surface area contributed by atoms with Gasteiger partial charge in [-0.1, -0.05) is 24.3 Å². The second-order valence-corrected chi connectivity index (χ2v) is 7.10. The number of thiazole rings is 1. The van der Waals surface area contributed by atoms with Crippen LogP contribution in [0.15, 0.2) is 29.6 Å². The zero-order valence-electron chi connectivity index (χ0n) is 13.2. The van der Waals surface area contributed by atoms with Gasteiger partial charge < -0.3 is 4.90 Å². The van der Waals surface area contributed by atoms with Crippen LogP contribution < -0.4 is 0 Å². The first kappa shape index (κ1) is 15.2. The van der Waals surface area contributed by atoms with E-state index in [1.54, 1.807) is 11.3 Å². The van der Waals surface area contributed by atoms with Crippen LogP contribution in [0.1, 0.15) is 41.1 Å². The Kier molecular flexibility index (Phi) is 4.57. The molecule has 0 radical (unpaired) electrons. The summed E-state index contributed by atoms with van der Waals surface area (Å²) in [6.07, 6.45) is 3.69. The van der Waals surface area contributed by atoms with Gasteiger partial charge in [-0.15, -0.1) is 11.3 Å². The summed E-state index contributed by atoms with van der Waals surface area (Å²) in [7, 11) is 0. The lowest BCUT2D eigenvalue weighted by atomic mass is 10.0. The van der Waals surface area contributed by atoms with Gasteiger partial charge in [0.15, 0.2) is 0 Å². The van der Waals surface area contributed by atoms with Gasteiger partial charge in [0, 0.05) is 17.8 Å². The first-order valence-electron chi connectivity index (χ1n) is 7.88. The van der Waals surface area contributed by atoms with Crippen LogP contribution in [0.2, 0.25) is 0 Å². The molecule has 1 aromatic carbocycles. The smallest absolute Gasteiger partial charge is 0.223 e. The molecule has 2 aromatic rings. The van der Waals surface area contributed by atoms with Crippen LogP contribution in [0.4, 0.5) is 0 Å². The summed E-state index contributed by atoms with van der Waals surface area (Å²) in [6.45, 7) is 4.79. The predicted molar refractivity (Wildman–Crippen MR) is 89.9 cm³/mol. The second kappa shape index (κ2) is 6.61. The van der Waals surface area contributed by atoms with Gasteiger partial charge >= 0.3 is 0 Å². The molecular weight excluding hydrogens is 292 g/mol. The van der Waals surface area contributed by atoms with Crippen molar-refractivity contribution in [2.75, 3.05) is 0 Å². The van der Waals surface area contributed by atoms with Crippen LogP contribution in [-0.2, 0) is 17.8 Å². The molecule has 1 saturated carbocycles. The highest BCUT2D eigenvalue weighted by Crippen LogP contribution is 2.29. The van der Waals surface area contributed by atoms with Gasteiger partial charge in [-0.05, 0) is 44.2 Å². The van der Waals surface area contributed by atoms with E-state index in [0.717, 1.165) is 30.0 Å². The molecule has 0 atom stereocenters. The van der Waals surface area contributed by atoms with Crippen molar-refractivity contribution in [1.29, 1.82) is 0 Å². The molecular formula is C18H22N2OS. The largest absolute Gasteiger partial charge is 0.334 e. The fraction of sp³-hybridized carbons (Fsp3) is 0.444. The topological polar surface area (TPSA) is 33.2 Å². The van der Waals surface area contributed by atoms with Crippen molar-refractivity contribution in [2.24, 2.45) is 0 Å². The molecule has 1 fully saturated rings. The van der Waals surface area contributed by atoms with Gasteiger partial charge in [-0.25, -0.2) is 4.98 Å². The van der Waals surface area contributed by atoms with Crippen LogP contribution in [0.5, 0.6) is 0 Å². The first-order chi connectivity index (χ1) is 10.6. The summed E-state index contributed by atoms with van der Waals surface area (Å²) in [5.74, 6) is 0.261. The van der Waals surface area contributed by atoms with Crippen molar-refractivity contribution < 1.29 is 4.79 Å². The van der Waals surface area contributed by atoms with Gasteiger partial charge in [-0.3, -0.25) is 4.79 Å². The summed E-state index contributed by atoms with van der Waals surface area (Å²) in [4.78, 5) is 19.2. The third-order valence-electron chi connectivity index (χ3n) is 4.18. The van der Waals surface area contributed by atoms with Crippen LogP contribution >= 0.6 is 11.3 Å². The highest BCUT2D eigenvalue weighted by Gasteiger charge is 2.32. The molecule has 3 rings (SSSR count). The number of rotatable bonds is 6. The van der Waals surface area contributed by atoms with E-state index in [9.17, 15) is 4.79 Å². The number of nitrogens with zero attached hydrogens (tertiary/aromatic N) is 2. The molecule has 0 saturated heterocycles. The third kappa shape index (κ3) is 3.74. The Hall–Kier alpha value is -1.68. The van der Waals surface area contributed by atoms with Crippen molar-refractivity contribution in [3.05, 3.63) is 51.5 Å². The number of aromatic nitrogens is 1. The fourth-order valence-corrected chi connectivity index (χ4v) is 3.34. The number of carbonyl (C=O) groups excluding carboxylic acids is 1. The molecule has 22 heavy (non-hydrogen) atoms. The summed E-state index contributed by atoms with van der Waals surface area (Å²) in [5.41, 5.74) is 3.57. The van der Waals surface area contributed by atoms with Crippen LogP contribution in [0.3, 0.4) is 0 Å². The molecule has 3 nitrogen and oxygen atoms in total. The van der Waals surface area contributed by atoms with Crippen molar-refractivity contribution in [1.82, 2.24) is 9.88 Å². The molecule has 1 aliphatic carbocycles. The van der Waals surface area contributed by atoms with E-state index >= 15 is 0 Å². The van der Waals surface area contributed by atoms with E-state index in [4.69, 9.17) is 0 Å². The number of aryl methyl sites for hydroxylation is 3. The monoisotopic (exact) mass is 314 g/mol. The number of carbonyl (C=O) groups is 1. The standard InChI is InChI=1S/C18H22N2OS/c1-13-5-3-4-6-15(13)7-10-18(21)20(17-8-9-17)11-16-12-22-14(2)19-16/h3-6,12,17H,7-11H2,1-2H3. The SMILES string of the molecule is Cc1nc(CN(C(=O)CCc2ccccc2C)C2CC2)cs1.